The van der Waals surface area contributed by atoms with E-state index < -0.39 is 6.09 Å². The molecule has 0 aliphatic heterocycles. The summed E-state index contributed by atoms with van der Waals surface area (Å²) in [6, 6.07) is 25.1. The van der Waals surface area contributed by atoms with Gasteiger partial charge in [0.2, 0.25) is 0 Å². The summed E-state index contributed by atoms with van der Waals surface area (Å²) in [4.78, 5) is 16.2. The molecule has 0 bridgehead atoms. The molecule has 4 aromatic rings. The molecular formula is C23H21N3O3. The first-order valence-corrected chi connectivity index (χ1v) is 9.38. The van der Waals surface area contributed by atoms with Crippen LogP contribution in [0.15, 0.2) is 85.2 Å². The van der Waals surface area contributed by atoms with E-state index in [4.69, 9.17) is 9.47 Å². The number of rotatable bonds is 7. The van der Waals surface area contributed by atoms with Crippen LogP contribution < -0.4 is 10.1 Å². The van der Waals surface area contributed by atoms with Crippen molar-refractivity contribution in [2.75, 3.05) is 18.5 Å². The van der Waals surface area contributed by atoms with Crippen molar-refractivity contribution in [1.29, 1.82) is 0 Å². The first-order valence-electron chi connectivity index (χ1n) is 9.38. The van der Waals surface area contributed by atoms with Gasteiger partial charge in [-0.05, 0) is 42.0 Å². The minimum atomic E-state index is -0.500. The van der Waals surface area contributed by atoms with Crippen molar-refractivity contribution in [3.63, 3.8) is 0 Å². The number of para-hydroxylation sites is 3. The zero-order chi connectivity index (χ0) is 19.9. The normalized spacial score (nSPS) is 10.6. The Kier molecular flexibility index (Phi) is 5.71. The van der Waals surface area contributed by atoms with Crippen molar-refractivity contribution in [2.45, 2.75) is 6.54 Å². The van der Waals surface area contributed by atoms with Crippen LogP contribution in [0.3, 0.4) is 0 Å². The molecule has 0 aliphatic rings. The highest BCUT2D eigenvalue weighted by Gasteiger charge is 2.05. The largest absolute Gasteiger partial charge is 0.490 e. The van der Waals surface area contributed by atoms with Crippen LogP contribution in [0.1, 0.15) is 5.56 Å². The topological polar surface area (TPSA) is 65.4 Å². The van der Waals surface area contributed by atoms with Crippen LogP contribution >= 0.6 is 0 Å². The lowest BCUT2D eigenvalue weighted by Crippen LogP contribution is -2.17. The number of benzene rings is 3. The van der Waals surface area contributed by atoms with Gasteiger partial charge in [-0.15, -0.1) is 0 Å². The Morgan fingerprint density at radius 3 is 2.66 bits per heavy atom. The summed E-state index contributed by atoms with van der Waals surface area (Å²) < 4.78 is 13.0. The second kappa shape index (κ2) is 8.93. The summed E-state index contributed by atoms with van der Waals surface area (Å²) in [5, 5.41) is 2.66. The average molecular weight is 387 g/mol. The molecule has 1 amide bonds. The molecule has 0 radical (unpaired) electrons. The Morgan fingerprint density at radius 1 is 0.931 bits per heavy atom. The predicted molar refractivity (Wildman–Crippen MR) is 112 cm³/mol. The Balaban J connectivity index is 1.27. The number of carbonyl (C=O) groups is 1. The zero-order valence-corrected chi connectivity index (χ0v) is 15.8. The molecule has 1 N–H and O–H groups in total. The van der Waals surface area contributed by atoms with Gasteiger partial charge in [0.25, 0.3) is 0 Å². The molecule has 0 spiro atoms. The highest BCUT2D eigenvalue weighted by atomic mass is 16.6. The molecule has 29 heavy (non-hydrogen) atoms. The summed E-state index contributed by atoms with van der Waals surface area (Å²) in [7, 11) is 0. The minimum Gasteiger partial charge on any atom is -0.490 e. The van der Waals surface area contributed by atoms with Gasteiger partial charge in [-0.25, -0.2) is 9.78 Å². The van der Waals surface area contributed by atoms with Gasteiger partial charge in [0.15, 0.2) is 0 Å². The van der Waals surface area contributed by atoms with Gasteiger partial charge in [0.05, 0.1) is 17.4 Å². The van der Waals surface area contributed by atoms with Gasteiger partial charge in [-0.3, -0.25) is 5.32 Å². The van der Waals surface area contributed by atoms with E-state index in [1.54, 1.807) is 12.1 Å². The second-order valence-corrected chi connectivity index (χ2v) is 6.48. The van der Waals surface area contributed by atoms with Crippen molar-refractivity contribution in [2.24, 2.45) is 0 Å². The lowest BCUT2D eigenvalue weighted by atomic mass is 10.2. The maximum atomic E-state index is 11.8. The molecule has 6 nitrogen and oxygen atoms in total. The summed E-state index contributed by atoms with van der Waals surface area (Å²) in [6.45, 7) is 1.14. The van der Waals surface area contributed by atoms with E-state index in [1.807, 2.05) is 67.0 Å². The Labute approximate surface area is 168 Å². The van der Waals surface area contributed by atoms with Crippen LogP contribution in [-0.4, -0.2) is 28.9 Å². The molecule has 0 aliphatic carbocycles. The van der Waals surface area contributed by atoms with Gasteiger partial charge >= 0.3 is 6.09 Å². The number of hydrogen-bond acceptors (Lipinski definition) is 4. The van der Waals surface area contributed by atoms with Gasteiger partial charge in [0.1, 0.15) is 19.0 Å². The van der Waals surface area contributed by atoms with Crippen molar-refractivity contribution in [1.82, 2.24) is 9.55 Å². The number of hydrogen-bond donors (Lipinski definition) is 1. The molecular weight excluding hydrogens is 366 g/mol. The highest BCUT2D eigenvalue weighted by molar-refractivity contribution is 5.84. The van der Waals surface area contributed by atoms with E-state index in [0.717, 1.165) is 22.3 Å². The lowest BCUT2D eigenvalue weighted by molar-refractivity contribution is 0.138. The molecule has 0 fully saturated rings. The first kappa shape index (κ1) is 18.6. The number of fused-ring (bicyclic) bond motifs is 1. The molecule has 1 heterocycles. The molecule has 6 heteroatoms. The molecule has 0 saturated carbocycles. The maximum absolute atomic E-state index is 11.8. The molecule has 146 valence electrons. The van der Waals surface area contributed by atoms with E-state index in [2.05, 4.69) is 20.9 Å². The zero-order valence-electron chi connectivity index (χ0n) is 15.8. The quantitative estimate of drug-likeness (QED) is 0.466. The van der Waals surface area contributed by atoms with Crippen LogP contribution in [0, 0.1) is 0 Å². The maximum Gasteiger partial charge on any atom is 0.411 e. The molecule has 3 aromatic carbocycles. The number of amides is 1. The summed E-state index contributed by atoms with van der Waals surface area (Å²) in [5.41, 5.74) is 3.87. The third-order valence-corrected chi connectivity index (χ3v) is 4.38. The number of ether oxygens (including phenoxy) is 2. The first-order chi connectivity index (χ1) is 14.3. The summed E-state index contributed by atoms with van der Waals surface area (Å²) in [5.74, 6) is 0.735. The van der Waals surface area contributed by atoms with Crippen LogP contribution in [0.4, 0.5) is 10.5 Å². The second-order valence-electron chi connectivity index (χ2n) is 6.48. The van der Waals surface area contributed by atoms with Gasteiger partial charge in [-0.1, -0.05) is 42.5 Å². The number of aromatic nitrogens is 2. The fourth-order valence-corrected chi connectivity index (χ4v) is 3.04. The Hall–Kier alpha value is -3.80. The predicted octanol–water partition coefficient (Wildman–Crippen LogP) is 4.71. The third kappa shape index (κ3) is 4.93. The van der Waals surface area contributed by atoms with Gasteiger partial charge in [0, 0.05) is 12.2 Å². The van der Waals surface area contributed by atoms with E-state index in [0.29, 0.717) is 12.2 Å². The number of nitrogens with zero attached hydrogens (tertiary/aromatic N) is 2. The van der Waals surface area contributed by atoms with Gasteiger partial charge < -0.3 is 14.0 Å². The molecule has 4 rings (SSSR count). The van der Waals surface area contributed by atoms with Crippen molar-refractivity contribution in [3.8, 4) is 5.75 Å². The summed E-state index contributed by atoms with van der Waals surface area (Å²) in [6.07, 6.45) is 1.35. The Morgan fingerprint density at radius 2 is 1.76 bits per heavy atom. The molecule has 0 atom stereocenters. The Bertz CT molecular complexity index is 1090. The summed E-state index contributed by atoms with van der Waals surface area (Å²) >= 11 is 0. The monoisotopic (exact) mass is 387 g/mol. The highest BCUT2D eigenvalue weighted by Crippen LogP contribution is 2.17. The lowest BCUT2D eigenvalue weighted by Gasteiger charge is -2.10. The van der Waals surface area contributed by atoms with Crippen LogP contribution in [-0.2, 0) is 11.3 Å². The van der Waals surface area contributed by atoms with E-state index >= 15 is 0 Å². The van der Waals surface area contributed by atoms with E-state index in [1.165, 1.54) is 0 Å². The van der Waals surface area contributed by atoms with E-state index in [9.17, 15) is 4.79 Å². The number of anilines is 1. The standard InChI is InChI=1S/C23H21N3O3/c27-23(25-19-8-2-1-3-9-19)29-14-13-28-20-10-6-7-18(15-20)16-26-17-24-21-11-4-5-12-22(21)26/h1-12,15,17H,13-14,16H2,(H,25,27). The molecule has 0 saturated heterocycles. The van der Waals surface area contributed by atoms with Crippen LogP contribution in [0.2, 0.25) is 0 Å². The number of carbonyl (C=O) groups excluding carboxylic acids is 1. The van der Waals surface area contributed by atoms with Crippen molar-refractivity contribution in [3.05, 3.63) is 90.8 Å². The third-order valence-electron chi connectivity index (χ3n) is 4.38. The van der Waals surface area contributed by atoms with Crippen LogP contribution in [0.5, 0.6) is 5.75 Å². The average Bonchev–Trinajstić information content (AvgIpc) is 3.15. The number of nitrogens with one attached hydrogen (secondary N) is 1. The van der Waals surface area contributed by atoms with Crippen LogP contribution in [0.25, 0.3) is 11.0 Å². The fourth-order valence-electron chi connectivity index (χ4n) is 3.04. The van der Waals surface area contributed by atoms with Crippen molar-refractivity contribution < 1.29 is 14.3 Å². The fraction of sp³-hybridized carbons (Fsp3) is 0.130. The van der Waals surface area contributed by atoms with E-state index in [-0.39, 0.29) is 13.2 Å². The van der Waals surface area contributed by atoms with Gasteiger partial charge in [-0.2, -0.15) is 0 Å². The minimum absolute atomic E-state index is 0.162. The number of imidazole rings is 1. The molecule has 1 aromatic heterocycles. The smallest absolute Gasteiger partial charge is 0.411 e. The van der Waals surface area contributed by atoms with Crippen molar-refractivity contribution >= 4 is 22.8 Å². The molecule has 0 unspecified atom stereocenters. The SMILES string of the molecule is O=C(Nc1ccccc1)OCCOc1cccc(Cn2cnc3ccccc32)c1.